The number of nitrogens with one attached hydrogen (secondary N) is 2. The molecule has 2 fully saturated rings. The van der Waals surface area contributed by atoms with Gasteiger partial charge in [0.1, 0.15) is 12.7 Å². The first kappa shape index (κ1) is 20.2. The summed E-state index contributed by atoms with van der Waals surface area (Å²) in [6.45, 7) is 1.22. The lowest BCUT2D eigenvalue weighted by molar-refractivity contribution is -0.125. The van der Waals surface area contributed by atoms with Crippen LogP contribution in [0.25, 0.3) is 0 Å². The molecule has 3 amide bonds. The number of benzene rings is 2. The minimum atomic E-state index is -0.565. The third-order valence-corrected chi connectivity index (χ3v) is 5.28. The van der Waals surface area contributed by atoms with E-state index in [9.17, 15) is 14.4 Å². The van der Waals surface area contributed by atoms with Crippen LogP contribution >= 0.6 is 11.6 Å². The van der Waals surface area contributed by atoms with Gasteiger partial charge in [0.25, 0.3) is 11.8 Å². The molecule has 2 saturated heterocycles. The summed E-state index contributed by atoms with van der Waals surface area (Å²) in [5, 5.41) is 6.10. The number of nitrogens with zero attached hydrogens (tertiary/aromatic N) is 1. The smallest absolute Gasteiger partial charge is 0.408 e. The number of hydrogen-bond donors (Lipinski definition) is 2. The summed E-state index contributed by atoms with van der Waals surface area (Å²) in [5.74, 6) is -0.371. The van der Waals surface area contributed by atoms with Crippen molar-refractivity contribution in [1.29, 1.82) is 0 Å². The number of carbonyl (C=O) groups is 3. The van der Waals surface area contributed by atoms with Crippen molar-refractivity contribution in [3.05, 3.63) is 64.7 Å². The molecule has 1 unspecified atom stereocenters. The molecule has 2 heterocycles. The van der Waals surface area contributed by atoms with Crippen LogP contribution in [-0.2, 0) is 14.3 Å². The molecule has 2 aromatic carbocycles. The predicted octanol–water partition coefficient (Wildman–Crippen LogP) is 2.28. The molecule has 2 atom stereocenters. The van der Waals surface area contributed by atoms with Crippen LogP contribution in [0.1, 0.15) is 22.0 Å². The highest BCUT2D eigenvalue weighted by atomic mass is 35.5. The van der Waals surface area contributed by atoms with Gasteiger partial charge >= 0.3 is 6.09 Å². The lowest BCUT2D eigenvalue weighted by Crippen LogP contribution is -2.41. The van der Waals surface area contributed by atoms with Crippen LogP contribution in [0, 0.1) is 0 Å². The number of carbonyl (C=O) groups excluding carboxylic acids is 3. The van der Waals surface area contributed by atoms with Crippen molar-refractivity contribution in [2.75, 3.05) is 31.2 Å². The Morgan fingerprint density at radius 1 is 1.13 bits per heavy atom. The van der Waals surface area contributed by atoms with Gasteiger partial charge in [0.2, 0.25) is 0 Å². The van der Waals surface area contributed by atoms with Crippen LogP contribution in [0.2, 0.25) is 5.02 Å². The average Bonchev–Trinajstić information content (AvgIpc) is 3.13. The number of amides is 3. The molecular formula is C21H20ClN3O5. The van der Waals surface area contributed by atoms with Crippen molar-refractivity contribution in [2.24, 2.45) is 0 Å². The first-order valence-electron chi connectivity index (χ1n) is 9.50. The normalized spacial score (nSPS) is 21.2. The van der Waals surface area contributed by atoms with Crippen molar-refractivity contribution < 1.29 is 23.9 Å². The van der Waals surface area contributed by atoms with E-state index in [0.717, 1.165) is 11.3 Å². The molecule has 0 saturated carbocycles. The minimum Gasteiger partial charge on any atom is -0.442 e. The zero-order valence-electron chi connectivity index (χ0n) is 16.0. The molecule has 156 valence electrons. The van der Waals surface area contributed by atoms with Crippen LogP contribution in [-0.4, -0.2) is 50.3 Å². The van der Waals surface area contributed by atoms with E-state index in [0.29, 0.717) is 23.7 Å². The summed E-state index contributed by atoms with van der Waals surface area (Å²) < 4.78 is 10.5. The molecule has 0 aliphatic carbocycles. The summed E-state index contributed by atoms with van der Waals surface area (Å²) in [4.78, 5) is 37.8. The van der Waals surface area contributed by atoms with E-state index >= 15 is 0 Å². The van der Waals surface area contributed by atoms with E-state index in [1.807, 2.05) is 24.3 Å². The van der Waals surface area contributed by atoms with Gasteiger partial charge in [-0.2, -0.15) is 0 Å². The van der Waals surface area contributed by atoms with E-state index in [1.54, 1.807) is 29.2 Å². The second-order valence-electron chi connectivity index (χ2n) is 6.97. The lowest BCUT2D eigenvalue weighted by atomic mass is 10.0. The summed E-state index contributed by atoms with van der Waals surface area (Å²) >= 11 is 5.84. The summed E-state index contributed by atoms with van der Waals surface area (Å²) in [7, 11) is 0. The molecule has 2 aliphatic rings. The van der Waals surface area contributed by atoms with Gasteiger partial charge in [-0.25, -0.2) is 4.79 Å². The fourth-order valence-electron chi connectivity index (χ4n) is 3.47. The lowest BCUT2D eigenvalue weighted by Gasteiger charge is -2.27. The molecule has 0 bridgehead atoms. The molecule has 0 radical (unpaired) electrons. The standard InChI is InChI=1S/C21H20ClN3O5/c22-15-5-1-14(2-6-15)20(27)23-11-17-19(24-21(28)30-17)13-3-7-16(8-4-13)25-9-10-29-12-18(25)26/h1-8,17,19H,9-12H2,(H,23,27)(H,24,28)/t17-,19?/m0/s1. The van der Waals surface area contributed by atoms with Crippen molar-refractivity contribution in [2.45, 2.75) is 12.1 Å². The Hall–Kier alpha value is -3.10. The zero-order chi connectivity index (χ0) is 21.1. The van der Waals surface area contributed by atoms with E-state index < -0.39 is 18.2 Å². The first-order chi connectivity index (χ1) is 14.5. The van der Waals surface area contributed by atoms with Crippen molar-refractivity contribution in [1.82, 2.24) is 10.6 Å². The van der Waals surface area contributed by atoms with Crippen LogP contribution in [0.15, 0.2) is 48.5 Å². The molecule has 2 aromatic rings. The Morgan fingerprint density at radius 2 is 1.87 bits per heavy atom. The summed E-state index contributed by atoms with van der Waals surface area (Å²) in [5.41, 5.74) is 2.05. The van der Waals surface area contributed by atoms with E-state index in [1.165, 1.54) is 0 Å². The second kappa shape index (κ2) is 8.73. The molecule has 9 heteroatoms. The minimum absolute atomic E-state index is 0.0731. The molecule has 30 heavy (non-hydrogen) atoms. The van der Waals surface area contributed by atoms with Gasteiger partial charge < -0.3 is 25.0 Å². The molecule has 4 rings (SSSR count). The van der Waals surface area contributed by atoms with Gasteiger partial charge in [-0.05, 0) is 42.0 Å². The highest BCUT2D eigenvalue weighted by molar-refractivity contribution is 6.30. The quantitative estimate of drug-likeness (QED) is 0.760. The number of cyclic esters (lactones) is 1. The highest BCUT2D eigenvalue weighted by Gasteiger charge is 2.35. The van der Waals surface area contributed by atoms with Crippen LogP contribution < -0.4 is 15.5 Å². The topological polar surface area (TPSA) is 97.0 Å². The second-order valence-corrected chi connectivity index (χ2v) is 7.41. The number of rotatable bonds is 5. The van der Waals surface area contributed by atoms with E-state index in [-0.39, 0.29) is 25.0 Å². The van der Waals surface area contributed by atoms with Crippen molar-refractivity contribution in [3.8, 4) is 0 Å². The van der Waals surface area contributed by atoms with Gasteiger partial charge in [-0.15, -0.1) is 0 Å². The van der Waals surface area contributed by atoms with Crippen molar-refractivity contribution in [3.63, 3.8) is 0 Å². The SMILES string of the molecule is O=C1NC(c2ccc(N3CCOCC3=O)cc2)[C@H](CNC(=O)c2ccc(Cl)cc2)O1. The summed E-state index contributed by atoms with van der Waals surface area (Å²) in [6, 6.07) is 13.4. The number of halogens is 1. The third kappa shape index (κ3) is 4.39. The highest BCUT2D eigenvalue weighted by Crippen LogP contribution is 2.27. The zero-order valence-corrected chi connectivity index (χ0v) is 16.7. The Balaban J connectivity index is 1.42. The maximum Gasteiger partial charge on any atom is 0.408 e. The van der Waals surface area contributed by atoms with Gasteiger partial charge in [0.05, 0.1) is 19.2 Å². The largest absolute Gasteiger partial charge is 0.442 e. The molecule has 2 aliphatic heterocycles. The fourth-order valence-corrected chi connectivity index (χ4v) is 3.59. The molecule has 0 aromatic heterocycles. The molecule has 8 nitrogen and oxygen atoms in total. The predicted molar refractivity (Wildman–Crippen MR) is 110 cm³/mol. The monoisotopic (exact) mass is 429 g/mol. The number of morpholine rings is 1. The maximum atomic E-state index is 12.3. The molecular weight excluding hydrogens is 410 g/mol. The van der Waals surface area contributed by atoms with E-state index in [2.05, 4.69) is 10.6 Å². The van der Waals surface area contributed by atoms with Crippen molar-refractivity contribution >= 4 is 35.2 Å². The molecule has 2 N–H and O–H groups in total. The van der Waals surface area contributed by atoms with Gasteiger partial charge in [0.15, 0.2) is 0 Å². The average molecular weight is 430 g/mol. The molecule has 0 spiro atoms. The Labute approximate surface area is 178 Å². The maximum absolute atomic E-state index is 12.3. The number of anilines is 1. The third-order valence-electron chi connectivity index (χ3n) is 5.02. The van der Waals surface area contributed by atoms with Gasteiger partial charge in [-0.1, -0.05) is 23.7 Å². The fraction of sp³-hybridized carbons (Fsp3) is 0.286. The van der Waals surface area contributed by atoms with E-state index in [4.69, 9.17) is 21.1 Å². The van der Waals surface area contributed by atoms with Crippen LogP contribution in [0.4, 0.5) is 10.5 Å². The Kier molecular flexibility index (Phi) is 5.87. The Bertz CT molecular complexity index is 948. The number of alkyl carbamates (subject to hydrolysis) is 1. The summed E-state index contributed by atoms with van der Waals surface area (Å²) in [6.07, 6.45) is -1.11. The number of hydrogen-bond acceptors (Lipinski definition) is 5. The van der Waals surface area contributed by atoms with Crippen LogP contribution in [0.3, 0.4) is 0 Å². The van der Waals surface area contributed by atoms with Gasteiger partial charge in [-0.3, -0.25) is 9.59 Å². The van der Waals surface area contributed by atoms with Gasteiger partial charge in [0, 0.05) is 22.8 Å². The Morgan fingerprint density at radius 3 is 2.57 bits per heavy atom. The first-order valence-corrected chi connectivity index (χ1v) is 9.88. The van der Waals surface area contributed by atoms with Crippen LogP contribution in [0.5, 0.6) is 0 Å². The number of ether oxygens (including phenoxy) is 2.